The van der Waals surface area contributed by atoms with E-state index in [1.165, 1.54) is 7.11 Å². The zero-order chi connectivity index (χ0) is 10.6. The molecule has 1 aromatic heterocycles. The molecule has 0 saturated carbocycles. The number of thiophene rings is 1. The molecule has 1 heterocycles. The molecule has 0 saturated heterocycles. The second-order valence-electron chi connectivity index (χ2n) is 2.65. The fourth-order valence-electron chi connectivity index (χ4n) is 0.940. The van der Waals surface area contributed by atoms with Crippen LogP contribution in [0.15, 0.2) is 11.4 Å². The largest absolute Gasteiger partial charge is 0.468 e. The van der Waals surface area contributed by atoms with Crippen molar-refractivity contribution in [2.45, 2.75) is 6.92 Å². The van der Waals surface area contributed by atoms with Gasteiger partial charge in [0.15, 0.2) is 0 Å². The van der Waals surface area contributed by atoms with Gasteiger partial charge in [0.2, 0.25) is 0 Å². The average Bonchev–Trinajstić information content (AvgIpc) is 2.60. The van der Waals surface area contributed by atoms with Gasteiger partial charge >= 0.3 is 5.97 Å². The van der Waals surface area contributed by atoms with E-state index in [0.29, 0.717) is 4.99 Å². The van der Waals surface area contributed by atoms with Gasteiger partial charge in [0.05, 0.1) is 7.11 Å². The van der Waals surface area contributed by atoms with Gasteiger partial charge in [0.1, 0.15) is 11.5 Å². The Morgan fingerprint density at radius 3 is 2.93 bits per heavy atom. The highest BCUT2D eigenvalue weighted by molar-refractivity contribution is 7.80. The molecule has 1 N–H and O–H groups in total. The van der Waals surface area contributed by atoms with Crippen LogP contribution in [-0.4, -0.2) is 24.6 Å². The van der Waals surface area contributed by atoms with Crippen LogP contribution < -0.4 is 5.32 Å². The maximum absolute atomic E-state index is 10.8. The predicted molar refractivity (Wildman–Crippen MR) is 60.8 cm³/mol. The molecule has 0 atom stereocenters. The van der Waals surface area contributed by atoms with Gasteiger partial charge in [-0.2, -0.15) is 0 Å². The molecule has 0 aliphatic heterocycles. The number of methoxy groups -OCH3 is 1. The van der Waals surface area contributed by atoms with E-state index in [4.69, 9.17) is 12.2 Å². The molecule has 76 valence electrons. The third-order valence-corrected chi connectivity index (χ3v) is 2.93. The van der Waals surface area contributed by atoms with Gasteiger partial charge in [-0.05, 0) is 18.4 Å². The first-order valence-electron chi connectivity index (χ1n) is 4.04. The van der Waals surface area contributed by atoms with Crippen molar-refractivity contribution in [3.8, 4) is 0 Å². The molecule has 0 amide bonds. The van der Waals surface area contributed by atoms with Gasteiger partial charge in [0, 0.05) is 10.4 Å². The fraction of sp³-hybridized carbons (Fsp3) is 0.333. The lowest BCUT2D eigenvalue weighted by Gasteiger charge is -2.05. The van der Waals surface area contributed by atoms with E-state index in [-0.39, 0.29) is 12.5 Å². The second-order valence-corrected chi connectivity index (χ2v) is 4.18. The molecule has 0 aliphatic rings. The summed E-state index contributed by atoms with van der Waals surface area (Å²) in [6.45, 7) is 2.11. The van der Waals surface area contributed by atoms with Gasteiger partial charge in [0.25, 0.3) is 0 Å². The van der Waals surface area contributed by atoms with Gasteiger partial charge in [-0.3, -0.25) is 4.79 Å². The summed E-state index contributed by atoms with van der Waals surface area (Å²) in [7, 11) is 1.35. The SMILES string of the molecule is COC(=O)CNC(=S)c1ccsc1C. The van der Waals surface area contributed by atoms with Crippen LogP contribution in [0.2, 0.25) is 0 Å². The molecule has 0 aromatic carbocycles. The van der Waals surface area contributed by atoms with Crippen molar-refractivity contribution < 1.29 is 9.53 Å². The van der Waals surface area contributed by atoms with E-state index in [1.807, 2.05) is 18.4 Å². The first-order chi connectivity index (χ1) is 6.65. The summed E-state index contributed by atoms with van der Waals surface area (Å²) in [6, 6.07) is 1.94. The third kappa shape index (κ3) is 2.78. The standard InChI is InChI=1S/C9H11NO2S2/c1-6-7(3-4-14-6)9(13)10-5-8(11)12-2/h3-4H,5H2,1-2H3,(H,10,13). The molecule has 1 aromatic rings. The van der Waals surface area contributed by atoms with E-state index in [0.717, 1.165) is 10.4 Å². The summed E-state index contributed by atoms with van der Waals surface area (Å²) in [5, 5.41) is 4.81. The Bertz CT molecular complexity index is 346. The Morgan fingerprint density at radius 2 is 2.43 bits per heavy atom. The smallest absolute Gasteiger partial charge is 0.325 e. The monoisotopic (exact) mass is 229 g/mol. The number of thiocarbonyl (C=S) groups is 1. The average molecular weight is 229 g/mol. The van der Waals surface area contributed by atoms with Crippen molar-refractivity contribution in [3.63, 3.8) is 0 Å². The van der Waals surface area contributed by atoms with Crippen LogP contribution in [0.3, 0.4) is 0 Å². The lowest BCUT2D eigenvalue weighted by molar-refractivity contribution is -0.139. The van der Waals surface area contributed by atoms with Crippen LogP contribution in [0, 0.1) is 6.92 Å². The minimum Gasteiger partial charge on any atom is -0.468 e. The molecule has 0 spiro atoms. The van der Waals surface area contributed by atoms with Crippen molar-refractivity contribution >= 4 is 34.5 Å². The van der Waals surface area contributed by atoms with Crippen LogP contribution in [0.1, 0.15) is 10.4 Å². The number of hydrogen-bond acceptors (Lipinski definition) is 4. The van der Waals surface area contributed by atoms with Crippen molar-refractivity contribution in [1.29, 1.82) is 0 Å². The molecule has 0 fully saturated rings. The third-order valence-electron chi connectivity index (χ3n) is 1.72. The predicted octanol–water partition coefficient (Wildman–Crippen LogP) is 1.49. The molecule has 3 nitrogen and oxygen atoms in total. The highest BCUT2D eigenvalue weighted by Crippen LogP contribution is 2.14. The Balaban J connectivity index is 2.52. The molecular weight excluding hydrogens is 218 g/mol. The van der Waals surface area contributed by atoms with Gasteiger partial charge in [-0.25, -0.2) is 0 Å². The highest BCUT2D eigenvalue weighted by Gasteiger charge is 2.07. The summed E-state index contributed by atoms with van der Waals surface area (Å²) in [5.41, 5.74) is 0.980. The minimum atomic E-state index is -0.319. The normalized spacial score (nSPS) is 9.57. The summed E-state index contributed by atoms with van der Waals surface area (Å²) in [4.78, 5) is 12.6. The first kappa shape index (κ1) is 11.1. The topological polar surface area (TPSA) is 38.3 Å². The number of esters is 1. The number of rotatable bonds is 3. The lowest BCUT2D eigenvalue weighted by Crippen LogP contribution is -2.29. The van der Waals surface area contributed by atoms with Crippen molar-refractivity contribution in [2.75, 3.05) is 13.7 Å². The Hall–Kier alpha value is -0.940. The fourth-order valence-corrected chi connectivity index (χ4v) is 2.00. The lowest BCUT2D eigenvalue weighted by atomic mass is 10.2. The number of ether oxygens (including phenoxy) is 1. The summed E-state index contributed by atoms with van der Waals surface area (Å²) >= 11 is 6.74. The molecule has 0 aliphatic carbocycles. The zero-order valence-corrected chi connectivity index (χ0v) is 9.63. The van der Waals surface area contributed by atoms with E-state index in [2.05, 4.69) is 10.1 Å². The van der Waals surface area contributed by atoms with E-state index in [1.54, 1.807) is 11.3 Å². The van der Waals surface area contributed by atoms with Crippen LogP contribution >= 0.6 is 23.6 Å². The number of carbonyl (C=O) groups is 1. The van der Waals surface area contributed by atoms with Crippen molar-refractivity contribution in [3.05, 3.63) is 21.9 Å². The van der Waals surface area contributed by atoms with Crippen LogP contribution in [0.4, 0.5) is 0 Å². The quantitative estimate of drug-likeness (QED) is 0.629. The van der Waals surface area contributed by atoms with Gasteiger partial charge < -0.3 is 10.1 Å². The Kier molecular flexibility index (Phi) is 4.03. The zero-order valence-electron chi connectivity index (χ0n) is 7.99. The summed E-state index contributed by atoms with van der Waals surface area (Å²) in [5.74, 6) is -0.319. The number of aryl methyl sites for hydroxylation is 1. The molecular formula is C9H11NO2S2. The summed E-state index contributed by atoms with van der Waals surface area (Å²) < 4.78 is 4.49. The molecule has 14 heavy (non-hydrogen) atoms. The minimum absolute atomic E-state index is 0.116. The van der Waals surface area contributed by atoms with E-state index in [9.17, 15) is 4.79 Å². The maximum Gasteiger partial charge on any atom is 0.325 e. The Labute approximate surface area is 92.1 Å². The number of hydrogen-bond donors (Lipinski definition) is 1. The van der Waals surface area contributed by atoms with Gasteiger partial charge in [-0.15, -0.1) is 11.3 Å². The van der Waals surface area contributed by atoms with Crippen molar-refractivity contribution in [2.24, 2.45) is 0 Å². The van der Waals surface area contributed by atoms with Crippen LogP contribution in [-0.2, 0) is 9.53 Å². The van der Waals surface area contributed by atoms with Crippen molar-refractivity contribution in [1.82, 2.24) is 5.32 Å². The van der Waals surface area contributed by atoms with E-state index < -0.39 is 0 Å². The number of nitrogens with one attached hydrogen (secondary N) is 1. The summed E-state index contributed by atoms with van der Waals surface area (Å²) in [6.07, 6.45) is 0. The first-order valence-corrected chi connectivity index (χ1v) is 5.33. The number of carbonyl (C=O) groups excluding carboxylic acids is 1. The molecule has 0 bridgehead atoms. The molecule has 5 heteroatoms. The van der Waals surface area contributed by atoms with Crippen LogP contribution in [0.25, 0.3) is 0 Å². The van der Waals surface area contributed by atoms with Crippen LogP contribution in [0.5, 0.6) is 0 Å². The molecule has 1 rings (SSSR count). The molecule has 0 unspecified atom stereocenters. The second kappa shape index (κ2) is 5.07. The molecule has 0 radical (unpaired) electrons. The Morgan fingerprint density at radius 1 is 1.71 bits per heavy atom. The van der Waals surface area contributed by atoms with Gasteiger partial charge in [-0.1, -0.05) is 12.2 Å². The highest BCUT2D eigenvalue weighted by atomic mass is 32.1. The maximum atomic E-state index is 10.8. The van der Waals surface area contributed by atoms with E-state index >= 15 is 0 Å².